The number of rotatable bonds is 19. The van der Waals surface area contributed by atoms with Crippen LogP contribution in [-0.2, 0) is 25.4 Å². The maximum atomic E-state index is 14.0. The number of carboxylic acid groups (broad SMARTS) is 1. The molecule has 31 heteroatoms. The van der Waals surface area contributed by atoms with Crippen molar-refractivity contribution in [3.8, 4) is 73.5 Å². The molecule has 0 unspecified atom stereocenters. The van der Waals surface area contributed by atoms with E-state index >= 15 is 0 Å². The number of aromatic hydroxyl groups is 1. The third-order valence-corrected chi connectivity index (χ3v) is 19.5. The molecule has 536 valence electrons. The Balaban J connectivity index is 0.000000214. The Morgan fingerprint density at radius 2 is 1.18 bits per heavy atom. The molecular formula is C73H65F6N13O9S3. The van der Waals surface area contributed by atoms with Crippen molar-refractivity contribution in [1.29, 1.82) is 0 Å². The summed E-state index contributed by atoms with van der Waals surface area (Å²) < 4.78 is 115. The number of nitrogens with one attached hydrogen (secondary N) is 2. The summed E-state index contributed by atoms with van der Waals surface area (Å²) in [5.74, 6) is 1.21. The second-order valence-corrected chi connectivity index (χ2v) is 27.6. The third kappa shape index (κ3) is 15.1. The molecule has 10 aromatic rings. The van der Waals surface area contributed by atoms with Crippen LogP contribution in [0.25, 0.3) is 78.0 Å². The van der Waals surface area contributed by atoms with E-state index in [1.165, 1.54) is 66.5 Å². The second-order valence-electron chi connectivity index (χ2n) is 25.1. The van der Waals surface area contributed by atoms with Gasteiger partial charge in [0.15, 0.2) is 77.8 Å². The number of hydrogen-bond acceptors (Lipinski definition) is 20. The number of thiocarbonyl (C=S) groups is 1. The molecule has 0 bridgehead atoms. The number of ether oxygens (including phenoxy) is 4. The minimum Gasteiger partial charge on any atom is -0.508 e. The van der Waals surface area contributed by atoms with Crippen LogP contribution in [0.1, 0.15) is 73.1 Å². The predicted octanol–water partition coefficient (Wildman–Crippen LogP) is 15.7. The molecule has 0 radical (unpaired) electrons. The van der Waals surface area contributed by atoms with E-state index in [1.807, 2.05) is 27.9 Å². The zero-order chi connectivity index (χ0) is 73.6. The number of carboxylic acids is 1. The lowest BCUT2D eigenvalue weighted by molar-refractivity contribution is -0.138. The summed E-state index contributed by atoms with van der Waals surface area (Å²) in [4.78, 5) is 55.0. The Labute approximate surface area is 603 Å². The molecule has 14 rings (SSSR count). The van der Waals surface area contributed by atoms with Crippen LogP contribution in [-0.4, -0.2) is 104 Å². The molecule has 3 aliphatic heterocycles. The molecule has 0 spiro atoms. The Bertz CT molecular complexity index is 5380. The fourth-order valence-corrected chi connectivity index (χ4v) is 14.8. The fourth-order valence-electron chi connectivity index (χ4n) is 12.3. The first-order valence-corrected chi connectivity index (χ1v) is 34.6. The Morgan fingerprint density at radius 1 is 0.654 bits per heavy atom. The van der Waals surface area contributed by atoms with E-state index in [9.17, 15) is 46.1 Å². The number of aromatic carboxylic acids is 1. The number of carbonyl (C=O) groups is 1. The summed E-state index contributed by atoms with van der Waals surface area (Å²) in [5, 5.41) is 29.3. The third-order valence-electron chi connectivity index (χ3n) is 17.1. The molecular weight excluding hydrogens is 1410 g/mol. The molecule has 104 heavy (non-hydrogen) atoms. The molecule has 0 amide bonds. The Hall–Kier alpha value is -10.9. The van der Waals surface area contributed by atoms with E-state index in [1.54, 1.807) is 74.5 Å². The maximum absolute atomic E-state index is 14.0. The zero-order valence-electron chi connectivity index (χ0n) is 56.4. The van der Waals surface area contributed by atoms with E-state index in [2.05, 4.69) is 44.4 Å². The number of nitrogens with zero attached hydrogens (tertiary/aromatic N) is 9. The molecule has 0 saturated heterocycles. The highest BCUT2D eigenvalue weighted by Gasteiger charge is 2.34. The predicted molar refractivity (Wildman–Crippen MR) is 387 cm³/mol. The summed E-state index contributed by atoms with van der Waals surface area (Å²) in [7, 11) is 0. The lowest BCUT2D eigenvalue weighted by Crippen LogP contribution is -2.40. The average molecular weight is 1480 g/mol. The highest BCUT2D eigenvalue weighted by Crippen LogP contribution is 2.49. The van der Waals surface area contributed by atoms with Gasteiger partial charge in [0.2, 0.25) is 13.6 Å². The average Bonchev–Trinajstić information content (AvgIpc) is 1.15. The molecule has 4 aromatic heterocycles. The lowest BCUT2D eigenvalue weighted by atomic mass is 9.90. The van der Waals surface area contributed by atoms with Crippen molar-refractivity contribution in [1.82, 2.24) is 49.3 Å². The van der Waals surface area contributed by atoms with Gasteiger partial charge in [-0.25, -0.2) is 34.7 Å². The monoisotopic (exact) mass is 1480 g/mol. The van der Waals surface area contributed by atoms with Gasteiger partial charge in [0.05, 0.1) is 16.7 Å². The summed E-state index contributed by atoms with van der Waals surface area (Å²) >= 11 is 8.46. The van der Waals surface area contributed by atoms with Gasteiger partial charge in [-0.15, -0.1) is 0 Å². The molecule has 6 aromatic carbocycles. The van der Waals surface area contributed by atoms with E-state index in [4.69, 9.17) is 57.0 Å². The van der Waals surface area contributed by atoms with Crippen molar-refractivity contribution in [2.45, 2.75) is 112 Å². The number of phenols is 1. The molecule has 4 aliphatic rings. The number of hydrogen-bond donors (Lipinski definition) is 6. The van der Waals surface area contributed by atoms with Gasteiger partial charge >= 0.3 is 18.3 Å². The smallest absolute Gasteiger partial charge is 0.416 e. The van der Waals surface area contributed by atoms with Gasteiger partial charge in [-0.05, 0) is 183 Å². The summed E-state index contributed by atoms with van der Waals surface area (Å²) in [5.41, 5.74) is 17.3. The number of halogens is 6. The summed E-state index contributed by atoms with van der Waals surface area (Å²) in [6, 6.07) is 28.7. The van der Waals surface area contributed by atoms with E-state index in [0.29, 0.717) is 164 Å². The van der Waals surface area contributed by atoms with Gasteiger partial charge < -0.3 is 69.7 Å². The van der Waals surface area contributed by atoms with Crippen molar-refractivity contribution < 1.29 is 64.7 Å². The number of aromatic nitrogens is 8. The number of imidazole rings is 2. The van der Waals surface area contributed by atoms with Crippen molar-refractivity contribution in [3.63, 3.8) is 0 Å². The van der Waals surface area contributed by atoms with Gasteiger partial charge in [0, 0.05) is 75.8 Å². The fraction of sp³-hybridized carbons (Fsp3) is 0.247. The van der Waals surface area contributed by atoms with Crippen LogP contribution in [0.2, 0.25) is 0 Å². The van der Waals surface area contributed by atoms with Gasteiger partial charge in [-0.2, -0.15) is 26.3 Å². The van der Waals surface area contributed by atoms with Gasteiger partial charge in [-0.3, -0.25) is 4.79 Å². The van der Waals surface area contributed by atoms with Crippen LogP contribution >= 0.6 is 35.7 Å². The number of alkyl halides is 6. The quantitative estimate of drug-likeness (QED) is 0.0190. The van der Waals surface area contributed by atoms with Crippen LogP contribution in [0, 0.1) is 13.8 Å². The highest BCUT2D eigenvalue weighted by molar-refractivity contribution is 7.99. The molecule has 22 nitrogen and oxygen atoms in total. The van der Waals surface area contributed by atoms with E-state index in [0.717, 1.165) is 37.2 Å². The second kappa shape index (κ2) is 29.1. The minimum atomic E-state index is -4.56. The normalized spacial score (nSPS) is 12.7. The van der Waals surface area contributed by atoms with Crippen molar-refractivity contribution >= 4 is 97.4 Å². The van der Waals surface area contributed by atoms with Crippen molar-refractivity contribution in [2.75, 3.05) is 43.5 Å². The van der Waals surface area contributed by atoms with Crippen molar-refractivity contribution in [2.24, 2.45) is 0 Å². The van der Waals surface area contributed by atoms with Gasteiger partial charge in [0.25, 0.3) is 0 Å². The number of phenolic OH excluding ortho intramolecular Hbond substituents is 1. The first-order valence-electron chi connectivity index (χ1n) is 32.6. The lowest BCUT2D eigenvalue weighted by Gasteiger charge is -2.30. The molecule has 7 heterocycles. The number of aryl methyl sites for hydroxylation is 4. The SMILES string of the molecule is Cc1cc(-c2cc3c(cc2Sc2nc4c(N)ncnc4n2CCCN(C(=S)Nc2ccc(-c4c5ccc(=O)cc-5oc5cc(O)ccc45)c(C(=O)O)c2)C(C)C)OCO3)cc(C(F)(F)F)c1.Cc1cc(-c2cc3c(cc2Sc2nc4c(N)ncnc4n2CCCNC(C)C)OCO3)cc(C(F)(F)F)c1. The summed E-state index contributed by atoms with van der Waals surface area (Å²) in [6.45, 7) is 13.5. The van der Waals surface area contributed by atoms with Crippen molar-refractivity contribution in [3.05, 3.63) is 166 Å². The largest absolute Gasteiger partial charge is 0.508 e. The molecule has 0 fully saturated rings. The van der Waals surface area contributed by atoms with E-state index in [-0.39, 0.29) is 59.3 Å². The first kappa shape index (κ1) is 71.5. The summed E-state index contributed by atoms with van der Waals surface area (Å²) in [6.07, 6.45) is -4.99. The standard InChI is InChI=1S/C47H38F3N7O7S2.C26H27F3N6O2S/c1-23(2)56(45(65)54-27-5-8-30(34(16-27)44(60)61)40-31-9-6-28(58)17-35(31)64-36-18-29(59)7-10-32(36)40)11-4-12-57-43-41(42(51)52-21-53-43)55-46(57)66-39-20-38-37(62-22-63-38)19-33(39)25-13-24(3)14-26(15-25)47(48,49)50;1-14(2)31-5-4-6-35-24-22(23(30)32-12-33-24)34-25(35)38-21-11-20-19(36-13-37-20)10-18(21)16-7-15(3)8-17(9-16)26(27,28)29/h5-10,13-21,23,58H,4,11-12,22H2,1-3H3,(H,54,65)(H,60,61)(H2,51,52,53);7-12,14,31H,4-6,13H2,1-3H3,(H2,30,32,33). The van der Waals surface area contributed by atoms with Crippen LogP contribution in [0.5, 0.6) is 28.7 Å². The van der Waals surface area contributed by atoms with Gasteiger partial charge in [0.1, 0.15) is 29.7 Å². The molecule has 0 atom stereocenters. The van der Waals surface area contributed by atoms with E-state index < -0.39 is 29.4 Å². The number of nitrogen functional groups attached to an aromatic ring is 2. The number of nitrogens with two attached hydrogens (primary N) is 2. The van der Waals surface area contributed by atoms with Crippen LogP contribution in [0.3, 0.4) is 0 Å². The topological polar surface area (TPSA) is 291 Å². The number of benzene rings is 7. The Kier molecular flexibility index (Phi) is 20.0. The van der Waals surface area contributed by atoms with Crippen LogP contribution < -0.4 is 46.5 Å². The Morgan fingerprint density at radius 3 is 1.70 bits per heavy atom. The highest BCUT2D eigenvalue weighted by atomic mass is 32.2. The maximum Gasteiger partial charge on any atom is 0.416 e. The molecule has 8 N–H and O–H groups in total. The number of fused-ring (bicyclic) bond motifs is 6. The first-order chi connectivity index (χ1) is 49.6. The molecule has 1 aliphatic carbocycles. The molecule has 0 saturated carbocycles. The van der Waals surface area contributed by atoms with Crippen LogP contribution in [0.15, 0.2) is 157 Å². The minimum absolute atomic E-state index is 0.0397. The van der Waals surface area contributed by atoms with Gasteiger partial charge in [-0.1, -0.05) is 55.6 Å². The zero-order valence-corrected chi connectivity index (χ0v) is 58.8. The number of anilines is 3. The van der Waals surface area contributed by atoms with Crippen LogP contribution in [0.4, 0.5) is 43.7 Å².